The van der Waals surface area contributed by atoms with E-state index in [9.17, 15) is 0 Å². The molecular formula is C30H48ClN3. The van der Waals surface area contributed by atoms with Crippen LogP contribution >= 0.6 is 12.4 Å². The van der Waals surface area contributed by atoms with Gasteiger partial charge >= 0.3 is 0 Å². The van der Waals surface area contributed by atoms with Crippen LogP contribution in [0.5, 0.6) is 0 Å². The fourth-order valence-electron chi connectivity index (χ4n) is 7.32. The number of nitrogens with two attached hydrogens (primary N) is 1. The summed E-state index contributed by atoms with van der Waals surface area (Å²) in [5.41, 5.74) is 9.27. The van der Waals surface area contributed by atoms with Crippen LogP contribution in [0.2, 0.25) is 0 Å². The molecule has 1 aromatic heterocycles. The number of aromatic nitrogens is 1. The molecule has 0 spiro atoms. The Bertz CT molecular complexity index is 857. The second kappa shape index (κ2) is 12.8. The van der Waals surface area contributed by atoms with Gasteiger partial charge in [0.1, 0.15) is 0 Å². The lowest BCUT2D eigenvalue weighted by Gasteiger charge is -2.32. The van der Waals surface area contributed by atoms with Crippen LogP contribution in [0.25, 0.3) is 10.9 Å². The first-order valence-corrected chi connectivity index (χ1v) is 14.3. The van der Waals surface area contributed by atoms with Crippen LogP contribution in [0.1, 0.15) is 108 Å². The highest BCUT2D eigenvalue weighted by atomic mass is 35.5. The van der Waals surface area contributed by atoms with Crippen LogP contribution in [0.15, 0.2) is 30.5 Å². The van der Waals surface area contributed by atoms with Gasteiger partial charge in [0.05, 0.1) is 0 Å². The molecule has 0 radical (unpaired) electrons. The highest BCUT2D eigenvalue weighted by Crippen LogP contribution is 2.42. The molecule has 0 bridgehead atoms. The second-order valence-electron chi connectivity index (χ2n) is 11.6. The molecule has 4 heteroatoms. The van der Waals surface area contributed by atoms with E-state index in [2.05, 4.69) is 40.3 Å². The summed E-state index contributed by atoms with van der Waals surface area (Å²) in [5.74, 6) is 2.42. The Kier molecular flexibility index (Phi) is 9.80. The van der Waals surface area contributed by atoms with Gasteiger partial charge in [-0.1, -0.05) is 56.7 Å². The molecule has 3 N–H and O–H groups in total. The van der Waals surface area contributed by atoms with Gasteiger partial charge < -0.3 is 15.6 Å². The lowest BCUT2D eigenvalue weighted by molar-refractivity contribution is 0.282. The van der Waals surface area contributed by atoms with E-state index < -0.39 is 0 Å². The number of nitrogens with zero attached hydrogens (tertiary/aromatic N) is 1. The predicted octanol–water partition coefficient (Wildman–Crippen LogP) is 7.56. The molecule has 1 heterocycles. The van der Waals surface area contributed by atoms with Crippen molar-refractivity contribution in [3.05, 3.63) is 36.0 Å². The maximum atomic E-state index is 6.14. The van der Waals surface area contributed by atoms with E-state index in [1.165, 1.54) is 114 Å². The van der Waals surface area contributed by atoms with Crippen molar-refractivity contribution in [1.29, 1.82) is 0 Å². The van der Waals surface area contributed by atoms with Gasteiger partial charge in [-0.15, -0.1) is 12.4 Å². The minimum atomic E-state index is 0. The molecule has 190 valence electrons. The molecule has 3 nitrogen and oxygen atoms in total. The Morgan fingerprint density at radius 2 is 1.53 bits per heavy atom. The van der Waals surface area contributed by atoms with Gasteiger partial charge in [0.25, 0.3) is 0 Å². The third-order valence-corrected chi connectivity index (χ3v) is 9.28. The lowest BCUT2D eigenvalue weighted by atomic mass is 9.75. The van der Waals surface area contributed by atoms with Crippen molar-refractivity contribution in [2.45, 2.75) is 121 Å². The first kappa shape index (κ1) is 26.0. The molecule has 1 unspecified atom stereocenters. The summed E-state index contributed by atoms with van der Waals surface area (Å²) >= 11 is 0. The summed E-state index contributed by atoms with van der Waals surface area (Å²) in [6, 6.07) is 10.4. The molecule has 0 amide bonds. The van der Waals surface area contributed by atoms with Crippen LogP contribution in [0.4, 0.5) is 0 Å². The minimum absolute atomic E-state index is 0. The molecule has 3 aliphatic carbocycles. The van der Waals surface area contributed by atoms with Gasteiger partial charge in [-0.3, -0.25) is 0 Å². The molecule has 5 rings (SSSR count). The van der Waals surface area contributed by atoms with Crippen LogP contribution in [0, 0.1) is 11.8 Å². The number of hydrogen-bond acceptors (Lipinski definition) is 2. The molecule has 0 saturated heterocycles. The number of nitrogens with one attached hydrogen (secondary N) is 1. The predicted molar refractivity (Wildman–Crippen MR) is 148 cm³/mol. The normalized spacial score (nSPS) is 25.8. The summed E-state index contributed by atoms with van der Waals surface area (Å²) in [4.78, 5) is 0. The molecule has 3 saturated carbocycles. The standard InChI is InChI=1S/C30H47N3.ClH/c31-25-15-17-26(18-16-25)32-20-19-27(24-11-5-2-6-12-24)29-22-33(21-23-9-3-1-4-10-23)30-14-8-7-13-28(29)30;/h7-8,13-14,22-27,32H,1-6,9-12,15-21,31H2;1H/t25-,26-,27?;. The quantitative estimate of drug-likeness (QED) is 0.405. The van der Waals surface area contributed by atoms with Gasteiger partial charge in [-0.05, 0) is 93.7 Å². The Hall–Kier alpha value is -1.03. The minimum Gasteiger partial charge on any atom is -0.347 e. The van der Waals surface area contributed by atoms with Crippen LogP contribution in [-0.4, -0.2) is 23.2 Å². The number of halogens is 1. The Labute approximate surface area is 214 Å². The fraction of sp³-hybridized carbons (Fsp3) is 0.733. The smallest absolute Gasteiger partial charge is 0.0483 e. The topological polar surface area (TPSA) is 43.0 Å². The molecule has 1 atom stereocenters. The first-order chi connectivity index (χ1) is 16.3. The highest BCUT2D eigenvalue weighted by molar-refractivity contribution is 5.85. The zero-order valence-corrected chi connectivity index (χ0v) is 22.0. The maximum absolute atomic E-state index is 6.14. The molecule has 3 fully saturated rings. The van der Waals surface area contributed by atoms with E-state index in [1.54, 1.807) is 5.56 Å². The van der Waals surface area contributed by atoms with Crippen LogP contribution in [-0.2, 0) is 6.54 Å². The summed E-state index contributed by atoms with van der Waals surface area (Å²) in [5, 5.41) is 5.47. The van der Waals surface area contributed by atoms with Gasteiger partial charge in [0.2, 0.25) is 0 Å². The summed E-state index contributed by atoms with van der Waals surface area (Å²) in [6.07, 6.45) is 23.1. The number of fused-ring (bicyclic) bond motifs is 1. The number of benzene rings is 1. The second-order valence-corrected chi connectivity index (χ2v) is 11.6. The molecule has 3 aliphatic rings. The summed E-state index contributed by atoms with van der Waals surface area (Å²) in [7, 11) is 0. The van der Waals surface area contributed by atoms with Crippen LogP contribution in [0.3, 0.4) is 0 Å². The van der Waals surface area contributed by atoms with Crippen molar-refractivity contribution in [3.63, 3.8) is 0 Å². The van der Waals surface area contributed by atoms with Crippen molar-refractivity contribution in [3.8, 4) is 0 Å². The van der Waals surface area contributed by atoms with Crippen molar-refractivity contribution >= 4 is 23.3 Å². The van der Waals surface area contributed by atoms with E-state index in [0.29, 0.717) is 18.0 Å². The first-order valence-electron chi connectivity index (χ1n) is 14.3. The molecule has 0 aliphatic heterocycles. The fourth-order valence-corrected chi connectivity index (χ4v) is 7.32. The number of rotatable bonds is 8. The SMILES string of the molecule is Cl.N[C@H]1CC[C@H](NCCC(c2cn(CC3CCCCC3)c3ccccc23)C2CCCCC2)CC1. The Balaban J connectivity index is 0.00000274. The van der Waals surface area contributed by atoms with Crippen molar-refractivity contribution in [2.24, 2.45) is 17.6 Å². The van der Waals surface area contributed by atoms with Crippen molar-refractivity contribution in [2.75, 3.05) is 6.54 Å². The third kappa shape index (κ3) is 6.39. The van der Waals surface area contributed by atoms with E-state index in [0.717, 1.165) is 18.4 Å². The largest absolute Gasteiger partial charge is 0.347 e. The van der Waals surface area contributed by atoms with E-state index >= 15 is 0 Å². The summed E-state index contributed by atoms with van der Waals surface area (Å²) < 4.78 is 2.65. The van der Waals surface area contributed by atoms with Crippen LogP contribution < -0.4 is 11.1 Å². The Morgan fingerprint density at radius 1 is 0.853 bits per heavy atom. The molecular weight excluding hydrogens is 438 g/mol. The van der Waals surface area contributed by atoms with Gasteiger partial charge in [0, 0.05) is 35.7 Å². The zero-order chi connectivity index (χ0) is 22.5. The Morgan fingerprint density at radius 3 is 2.26 bits per heavy atom. The van der Waals surface area contributed by atoms with Crippen molar-refractivity contribution < 1.29 is 0 Å². The monoisotopic (exact) mass is 485 g/mol. The number of para-hydroxylation sites is 1. The lowest BCUT2D eigenvalue weighted by Crippen LogP contribution is -2.38. The van der Waals surface area contributed by atoms with Crippen molar-refractivity contribution in [1.82, 2.24) is 9.88 Å². The average molecular weight is 486 g/mol. The maximum Gasteiger partial charge on any atom is 0.0483 e. The zero-order valence-electron chi connectivity index (χ0n) is 21.2. The summed E-state index contributed by atoms with van der Waals surface area (Å²) in [6.45, 7) is 2.38. The van der Waals surface area contributed by atoms with E-state index in [1.807, 2.05) is 0 Å². The van der Waals surface area contributed by atoms with Gasteiger partial charge in [-0.25, -0.2) is 0 Å². The molecule has 34 heavy (non-hydrogen) atoms. The van der Waals surface area contributed by atoms with E-state index in [-0.39, 0.29) is 12.4 Å². The molecule has 1 aromatic carbocycles. The average Bonchev–Trinajstić information content (AvgIpc) is 3.22. The highest BCUT2D eigenvalue weighted by Gasteiger charge is 2.28. The van der Waals surface area contributed by atoms with Gasteiger partial charge in [0.15, 0.2) is 0 Å². The molecule has 2 aromatic rings. The van der Waals surface area contributed by atoms with E-state index in [4.69, 9.17) is 5.73 Å². The number of hydrogen-bond donors (Lipinski definition) is 2. The third-order valence-electron chi connectivity index (χ3n) is 9.28. The van der Waals surface area contributed by atoms with Gasteiger partial charge in [-0.2, -0.15) is 0 Å².